The molecule has 2 atom stereocenters. The fraction of sp³-hybridized carbons (Fsp3) is 0.538. The average Bonchev–Trinajstić information content (AvgIpc) is 2.84. The molecule has 1 saturated heterocycles. The van der Waals surface area contributed by atoms with E-state index in [0.717, 1.165) is 18.6 Å². The van der Waals surface area contributed by atoms with E-state index in [-0.39, 0.29) is 11.8 Å². The standard InChI is InChI=1S/C13H20N4O3/c1-9-13(5-6-20-9)16(2)8-10-7-11(17(18)19)3-4-12(10)15-14/h3-4,7,9,13,15H,5-6,8,14H2,1-2H3. The molecule has 2 unspecified atom stereocenters. The summed E-state index contributed by atoms with van der Waals surface area (Å²) in [6, 6.07) is 4.96. The van der Waals surface area contributed by atoms with E-state index >= 15 is 0 Å². The first-order valence-corrected chi connectivity index (χ1v) is 6.58. The van der Waals surface area contributed by atoms with Crippen molar-refractivity contribution >= 4 is 11.4 Å². The number of hydrogen-bond acceptors (Lipinski definition) is 6. The third-order valence-corrected chi connectivity index (χ3v) is 3.78. The van der Waals surface area contributed by atoms with Crippen LogP contribution in [0.3, 0.4) is 0 Å². The largest absolute Gasteiger partial charge is 0.377 e. The lowest BCUT2D eigenvalue weighted by molar-refractivity contribution is -0.384. The molecule has 7 heteroatoms. The molecule has 1 aromatic rings. The summed E-state index contributed by atoms with van der Waals surface area (Å²) in [6.45, 7) is 3.39. The fourth-order valence-electron chi connectivity index (χ4n) is 2.65. The molecule has 1 fully saturated rings. The van der Waals surface area contributed by atoms with E-state index in [1.54, 1.807) is 12.1 Å². The number of anilines is 1. The second-order valence-electron chi connectivity index (χ2n) is 5.09. The molecule has 0 aromatic heterocycles. The third-order valence-electron chi connectivity index (χ3n) is 3.78. The molecule has 2 rings (SSSR count). The molecule has 1 aromatic carbocycles. The predicted octanol–water partition coefficient (Wildman–Crippen LogP) is 1.49. The van der Waals surface area contributed by atoms with Gasteiger partial charge in [0.05, 0.1) is 16.7 Å². The Labute approximate surface area is 117 Å². The summed E-state index contributed by atoms with van der Waals surface area (Å²) in [5.74, 6) is 5.47. The van der Waals surface area contributed by atoms with Crippen LogP contribution in [0.15, 0.2) is 18.2 Å². The number of nitro benzene ring substituents is 1. The van der Waals surface area contributed by atoms with E-state index in [1.165, 1.54) is 6.07 Å². The average molecular weight is 280 g/mol. The maximum Gasteiger partial charge on any atom is 0.269 e. The minimum absolute atomic E-state index is 0.0723. The van der Waals surface area contributed by atoms with Gasteiger partial charge in [0.15, 0.2) is 0 Å². The number of likely N-dealkylation sites (N-methyl/N-ethyl adjacent to an activating group) is 1. The van der Waals surface area contributed by atoms with Crippen molar-refractivity contribution in [2.24, 2.45) is 5.84 Å². The van der Waals surface area contributed by atoms with Crippen molar-refractivity contribution in [3.05, 3.63) is 33.9 Å². The summed E-state index contributed by atoms with van der Waals surface area (Å²) in [7, 11) is 2.00. The van der Waals surface area contributed by atoms with Gasteiger partial charge in [-0.3, -0.25) is 20.9 Å². The lowest BCUT2D eigenvalue weighted by atomic mass is 10.1. The fourth-order valence-corrected chi connectivity index (χ4v) is 2.65. The van der Waals surface area contributed by atoms with E-state index in [0.29, 0.717) is 18.3 Å². The molecule has 3 N–H and O–H groups in total. The topological polar surface area (TPSA) is 93.7 Å². The molecular formula is C13H20N4O3. The Kier molecular flexibility index (Phi) is 4.53. The summed E-state index contributed by atoms with van der Waals surface area (Å²) in [4.78, 5) is 12.6. The van der Waals surface area contributed by atoms with E-state index in [4.69, 9.17) is 10.6 Å². The van der Waals surface area contributed by atoms with Crippen LogP contribution in [0.2, 0.25) is 0 Å². The van der Waals surface area contributed by atoms with Crippen LogP contribution in [0.1, 0.15) is 18.9 Å². The number of hydrogen-bond donors (Lipinski definition) is 2. The molecule has 1 aliphatic rings. The van der Waals surface area contributed by atoms with Gasteiger partial charge in [0.25, 0.3) is 5.69 Å². The minimum Gasteiger partial charge on any atom is -0.377 e. The maximum absolute atomic E-state index is 10.9. The summed E-state index contributed by atoms with van der Waals surface area (Å²) in [5.41, 5.74) is 4.17. The molecule has 0 radical (unpaired) electrons. The van der Waals surface area contributed by atoms with Gasteiger partial charge in [0.1, 0.15) is 0 Å². The van der Waals surface area contributed by atoms with Gasteiger partial charge in [-0.15, -0.1) is 0 Å². The quantitative estimate of drug-likeness (QED) is 0.482. The second kappa shape index (κ2) is 6.17. The van der Waals surface area contributed by atoms with Crippen molar-refractivity contribution < 1.29 is 9.66 Å². The zero-order valence-corrected chi connectivity index (χ0v) is 11.7. The summed E-state index contributed by atoms with van der Waals surface area (Å²) in [6.07, 6.45) is 1.14. The summed E-state index contributed by atoms with van der Waals surface area (Å²) < 4.78 is 5.55. The molecule has 0 spiro atoms. The van der Waals surface area contributed by atoms with Gasteiger partial charge in [-0.05, 0) is 32.0 Å². The second-order valence-corrected chi connectivity index (χ2v) is 5.09. The number of hydrazine groups is 1. The molecule has 0 aliphatic carbocycles. The van der Waals surface area contributed by atoms with Crippen molar-refractivity contribution in [1.29, 1.82) is 0 Å². The van der Waals surface area contributed by atoms with E-state index in [1.807, 2.05) is 14.0 Å². The first-order valence-electron chi connectivity index (χ1n) is 6.58. The van der Waals surface area contributed by atoms with Crippen molar-refractivity contribution in [3.8, 4) is 0 Å². The number of benzene rings is 1. The van der Waals surface area contributed by atoms with Crippen molar-refractivity contribution in [2.75, 3.05) is 19.1 Å². The third kappa shape index (κ3) is 3.06. The van der Waals surface area contributed by atoms with Crippen LogP contribution in [-0.2, 0) is 11.3 Å². The molecule has 0 saturated carbocycles. The van der Waals surface area contributed by atoms with E-state index in [2.05, 4.69) is 10.3 Å². The number of non-ortho nitro benzene ring substituents is 1. The van der Waals surface area contributed by atoms with Crippen LogP contribution in [0, 0.1) is 10.1 Å². The van der Waals surface area contributed by atoms with Gasteiger partial charge in [-0.1, -0.05) is 0 Å². The van der Waals surface area contributed by atoms with Crippen molar-refractivity contribution in [3.63, 3.8) is 0 Å². The maximum atomic E-state index is 10.9. The Balaban J connectivity index is 2.18. The van der Waals surface area contributed by atoms with Crippen LogP contribution in [0.25, 0.3) is 0 Å². The molecule has 1 heterocycles. The number of ether oxygens (including phenoxy) is 1. The number of rotatable bonds is 5. The first kappa shape index (κ1) is 14.7. The molecule has 7 nitrogen and oxygen atoms in total. The Morgan fingerprint density at radius 1 is 1.60 bits per heavy atom. The van der Waals surface area contributed by atoms with Crippen LogP contribution >= 0.6 is 0 Å². The first-order chi connectivity index (χ1) is 9.52. The molecule has 0 amide bonds. The zero-order valence-electron chi connectivity index (χ0n) is 11.7. The van der Waals surface area contributed by atoms with Gasteiger partial charge in [0.2, 0.25) is 0 Å². The SMILES string of the molecule is CC1OCCC1N(C)Cc1cc([N+](=O)[O-])ccc1NN. The van der Waals surface area contributed by atoms with Gasteiger partial charge in [0, 0.05) is 31.3 Å². The summed E-state index contributed by atoms with van der Waals surface area (Å²) in [5, 5.41) is 10.9. The molecule has 0 bridgehead atoms. The number of nitrogens with one attached hydrogen (secondary N) is 1. The Hall–Kier alpha value is -1.70. The molecule has 1 aliphatic heterocycles. The van der Waals surface area contributed by atoms with Gasteiger partial charge >= 0.3 is 0 Å². The lowest BCUT2D eigenvalue weighted by Gasteiger charge is -2.27. The number of nitrogens with zero attached hydrogens (tertiary/aromatic N) is 2. The highest BCUT2D eigenvalue weighted by Crippen LogP contribution is 2.25. The number of nitrogen functional groups attached to an aromatic ring is 1. The van der Waals surface area contributed by atoms with Crippen molar-refractivity contribution in [1.82, 2.24) is 4.90 Å². The van der Waals surface area contributed by atoms with Crippen LogP contribution in [-0.4, -0.2) is 35.6 Å². The van der Waals surface area contributed by atoms with Gasteiger partial charge in [-0.25, -0.2) is 0 Å². The highest BCUT2D eigenvalue weighted by Gasteiger charge is 2.28. The monoisotopic (exact) mass is 280 g/mol. The zero-order chi connectivity index (χ0) is 14.7. The van der Waals surface area contributed by atoms with E-state index in [9.17, 15) is 10.1 Å². The van der Waals surface area contributed by atoms with E-state index < -0.39 is 4.92 Å². The van der Waals surface area contributed by atoms with Gasteiger partial charge in [-0.2, -0.15) is 0 Å². The number of nitro groups is 1. The summed E-state index contributed by atoms with van der Waals surface area (Å²) >= 11 is 0. The highest BCUT2D eigenvalue weighted by atomic mass is 16.6. The van der Waals surface area contributed by atoms with Crippen LogP contribution in [0.5, 0.6) is 0 Å². The molecular weight excluding hydrogens is 260 g/mol. The minimum atomic E-state index is -0.398. The van der Waals surface area contributed by atoms with Crippen LogP contribution in [0.4, 0.5) is 11.4 Å². The number of nitrogens with two attached hydrogens (primary N) is 1. The van der Waals surface area contributed by atoms with Crippen LogP contribution < -0.4 is 11.3 Å². The predicted molar refractivity (Wildman–Crippen MR) is 76.2 cm³/mol. The normalized spacial score (nSPS) is 22.2. The van der Waals surface area contributed by atoms with Crippen molar-refractivity contribution in [2.45, 2.75) is 32.0 Å². The molecule has 110 valence electrons. The Morgan fingerprint density at radius 3 is 2.90 bits per heavy atom. The highest BCUT2D eigenvalue weighted by molar-refractivity contribution is 5.55. The Morgan fingerprint density at radius 2 is 2.35 bits per heavy atom. The Bertz CT molecular complexity index is 495. The lowest BCUT2D eigenvalue weighted by Crippen LogP contribution is -2.36. The molecule has 20 heavy (non-hydrogen) atoms. The van der Waals surface area contributed by atoms with Gasteiger partial charge < -0.3 is 10.2 Å². The smallest absolute Gasteiger partial charge is 0.269 e.